The van der Waals surface area contributed by atoms with E-state index in [1.54, 1.807) is 18.5 Å². The number of nitrogens with zero attached hydrogens (tertiary/aromatic N) is 4. The second-order valence-electron chi connectivity index (χ2n) is 13.1. The third kappa shape index (κ3) is 8.57. The van der Waals surface area contributed by atoms with Crippen molar-refractivity contribution in [1.82, 2.24) is 25.0 Å². The Morgan fingerprint density at radius 1 is 1.08 bits per heavy atom. The minimum Gasteiger partial charge on any atom is -0.451 e. The van der Waals surface area contributed by atoms with Gasteiger partial charge >= 0.3 is 6.36 Å². The van der Waals surface area contributed by atoms with Crippen molar-refractivity contribution in [2.75, 3.05) is 19.6 Å². The number of alkyl halides is 3. The molecule has 6 rings (SSSR count). The van der Waals surface area contributed by atoms with Gasteiger partial charge in [0.25, 0.3) is 5.91 Å². The maximum absolute atomic E-state index is 13.4. The summed E-state index contributed by atoms with van der Waals surface area (Å²) in [6.45, 7) is 3.56. The molecule has 1 atom stereocenters. The summed E-state index contributed by atoms with van der Waals surface area (Å²) in [7, 11) is 0. The largest absolute Gasteiger partial charge is 0.573 e. The van der Waals surface area contributed by atoms with Crippen molar-refractivity contribution < 1.29 is 27.1 Å². The van der Waals surface area contributed by atoms with Crippen molar-refractivity contribution in [3.63, 3.8) is 0 Å². The van der Waals surface area contributed by atoms with Crippen LogP contribution >= 0.6 is 11.6 Å². The topological polar surface area (TPSA) is 102 Å². The predicted molar refractivity (Wildman–Crippen MR) is 175 cm³/mol. The fourth-order valence-electron chi connectivity index (χ4n) is 7.44. The number of halogens is 4. The average Bonchev–Trinajstić information content (AvgIpc) is 3.58. The molecule has 2 aromatic carbocycles. The molecule has 1 aliphatic carbocycles. The van der Waals surface area contributed by atoms with E-state index >= 15 is 0 Å². The van der Waals surface area contributed by atoms with Gasteiger partial charge in [-0.05, 0) is 98.8 Å². The number of nitrogens with one attached hydrogen (secondary N) is 1. The molecule has 0 unspecified atom stereocenters. The number of aromatic nitrogens is 3. The van der Waals surface area contributed by atoms with Crippen molar-refractivity contribution in [1.29, 1.82) is 0 Å². The summed E-state index contributed by atoms with van der Waals surface area (Å²) in [6, 6.07) is 11.3. The first-order valence-corrected chi connectivity index (χ1v) is 16.9. The first-order valence-electron chi connectivity index (χ1n) is 16.5. The maximum Gasteiger partial charge on any atom is 0.573 e. The van der Waals surface area contributed by atoms with Gasteiger partial charge < -0.3 is 19.4 Å². The molecule has 48 heavy (non-hydrogen) atoms. The first-order chi connectivity index (χ1) is 23.0. The third-order valence-electron chi connectivity index (χ3n) is 9.95. The van der Waals surface area contributed by atoms with E-state index in [2.05, 4.69) is 25.0 Å². The first kappa shape index (κ1) is 34.0. The van der Waals surface area contributed by atoms with Gasteiger partial charge in [-0.3, -0.25) is 14.3 Å². The van der Waals surface area contributed by atoms with Gasteiger partial charge in [-0.15, -0.1) is 13.2 Å². The van der Waals surface area contributed by atoms with Crippen LogP contribution in [0.2, 0.25) is 5.02 Å². The Bertz CT molecular complexity index is 1730. The standard InChI is InChI=1S/C35H39ClF3N5O4/c36-26-8-6-24(7-9-26)18-27(42-33(46)32-20-30(45)29-19-28(48-35(37,38)39)10-11-31(29)47-32)12-15-43-16-13-34(14-17-43,21-44-23-40-22-41-44)25-4-2-1-3-5-25/h6-11,19-20,22-23,25,27H,1-5,12-18,21H2,(H,42,46)/t27-/m1/s1. The predicted octanol–water partition coefficient (Wildman–Crippen LogP) is 7.03. The highest BCUT2D eigenvalue weighted by molar-refractivity contribution is 6.30. The molecule has 0 bridgehead atoms. The molecule has 1 amide bonds. The van der Waals surface area contributed by atoms with Gasteiger partial charge in [0.1, 0.15) is 24.0 Å². The van der Waals surface area contributed by atoms with Crippen molar-refractivity contribution in [3.05, 3.63) is 87.8 Å². The Morgan fingerprint density at radius 3 is 2.52 bits per heavy atom. The minimum atomic E-state index is -4.91. The molecule has 2 aliphatic rings. The smallest absolute Gasteiger partial charge is 0.451 e. The molecule has 0 spiro atoms. The molecule has 256 valence electrons. The van der Waals surface area contributed by atoms with Crippen molar-refractivity contribution >= 4 is 28.5 Å². The van der Waals surface area contributed by atoms with Gasteiger partial charge in [0.2, 0.25) is 0 Å². The Balaban J connectivity index is 1.14. The molecule has 1 N–H and O–H groups in total. The van der Waals surface area contributed by atoms with E-state index in [0.717, 1.165) is 62.8 Å². The molecule has 1 saturated carbocycles. The van der Waals surface area contributed by atoms with E-state index in [1.165, 1.54) is 38.2 Å². The molecule has 0 radical (unpaired) electrons. The molecule has 1 saturated heterocycles. The molecular formula is C35H39ClF3N5O4. The van der Waals surface area contributed by atoms with E-state index in [4.69, 9.17) is 16.0 Å². The number of fused-ring (bicyclic) bond motifs is 1. The number of carbonyl (C=O) groups excluding carboxylic acids is 1. The van der Waals surface area contributed by atoms with Crippen LogP contribution in [0.15, 0.2) is 70.4 Å². The number of ether oxygens (including phenoxy) is 1. The Morgan fingerprint density at radius 2 is 1.83 bits per heavy atom. The monoisotopic (exact) mass is 685 g/mol. The lowest BCUT2D eigenvalue weighted by atomic mass is 9.63. The summed E-state index contributed by atoms with van der Waals surface area (Å²) >= 11 is 6.11. The average molecular weight is 686 g/mol. The molecule has 9 nitrogen and oxygen atoms in total. The lowest BCUT2D eigenvalue weighted by molar-refractivity contribution is -0.274. The van der Waals surface area contributed by atoms with E-state index in [9.17, 15) is 22.8 Å². The second kappa shape index (κ2) is 14.7. The summed E-state index contributed by atoms with van der Waals surface area (Å²) in [5, 5.41) is 7.97. The van der Waals surface area contributed by atoms with E-state index < -0.39 is 23.4 Å². The van der Waals surface area contributed by atoms with Crippen molar-refractivity contribution in [2.45, 2.75) is 76.7 Å². The lowest BCUT2D eigenvalue weighted by Crippen LogP contribution is -2.48. The van der Waals surface area contributed by atoms with Crippen LogP contribution in [-0.4, -0.2) is 57.6 Å². The number of hydrogen-bond acceptors (Lipinski definition) is 7. The van der Waals surface area contributed by atoms with Gasteiger partial charge in [0.05, 0.1) is 5.39 Å². The SMILES string of the molecule is O=C(N[C@H](CCN1CCC(Cn2cncn2)(C2CCCCC2)CC1)Cc1ccc(Cl)cc1)c1cc(=O)c2cc(OC(F)(F)F)ccc2o1. The highest BCUT2D eigenvalue weighted by atomic mass is 35.5. The molecular weight excluding hydrogens is 647 g/mol. The molecule has 2 aromatic heterocycles. The van der Waals surface area contributed by atoms with Crippen LogP contribution in [0.3, 0.4) is 0 Å². The Hall–Kier alpha value is -3.90. The van der Waals surface area contributed by atoms with E-state index in [1.807, 2.05) is 23.1 Å². The van der Waals surface area contributed by atoms with Crippen molar-refractivity contribution in [2.24, 2.45) is 11.3 Å². The van der Waals surface area contributed by atoms with Gasteiger partial charge in [0, 0.05) is 30.2 Å². The summed E-state index contributed by atoms with van der Waals surface area (Å²) < 4.78 is 49.6. The number of rotatable bonds is 11. The normalized spacial score (nSPS) is 18.1. The number of carbonyl (C=O) groups is 1. The summed E-state index contributed by atoms with van der Waals surface area (Å²) in [4.78, 5) is 32.9. The van der Waals surface area contributed by atoms with Crippen molar-refractivity contribution in [3.8, 4) is 5.75 Å². The Labute approximate surface area is 281 Å². The summed E-state index contributed by atoms with van der Waals surface area (Å²) in [6.07, 6.45) is 8.25. The van der Waals surface area contributed by atoms with Crippen LogP contribution in [0.5, 0.6) is 5.75 Å². The Kier molecular flexibility index (Phi) is 10.4. The number of amides is 1. The zero-order chi connectivity index (χ0) is 33.7. The second-order valence-corrected chi connectivity index (χ2v) is 13.5. The molecule has 2 fully saturated rings. The van der Waals surface area contributed by atoms with E-state index in [-0.39, 0.29) is 28.2 Å². The molecule has 1 aliphatic heterocycles. The third-order valence-corrected chi connectivity index (χ3v) is 10.2. The van der Waals surface area contributed by atoms with Crippen LogP contribution in [0.25, 0.3) is 11.0 Å². The van der Waals surface area contributed by atoms with Gasteiger partial charge in [0.15, 0.2) is 11.2 Å². The van der Waals surface area contributed by atoms with Crippen LogP contribution in [0.4, 0.5) is 13.2 Å². The molecule has 3 heterocycles. The highest BCUT2D eigenvalue weighted by Crippen LogP contribution is 2.47. The molecule has 4 aromatic rings. The zero-order valence-electron chi connectivity index (χ0n) is 26.6. The van der Waals surface area contributed by atoms with Crippen LogP contribution < -0.4 is 15.5 Å². The lowest BCUT2D eigenvalue weighted by Gasteiger charge is -2.48. The van der Waals surface area contributed by atoms with Gasteiger partial charge in [-0.25, -0.2) is 4.98 Å². The number of benzene rings is 2. The number of hydrogen-bond donors (Lipinski definition) is 1. The van der Waals surface area contributed by atoms with Gasteiger partial charge in [-0.2, -0.15) is 5.10 Å². The summed E-state index contributed by atoms with van der Waals surface area (Å²) in [5.74, 6) is -0.669. The zero-order valence-corrected chi connectivity index (χ0v) is 27.3. The fraction of sp³-hybridized carbons (Fsp3) is 0.486. The summed E-state index contributed by atoms with van der Waals surface area (Å²) in [5.41, 5.74) is 0.514. The van der Waals surface area contributed by atoms with Crippen LogP contribution in [-0.2, 0) is 13.0 Å². The highest BCUT2D eigenvalue weighted by Gasteiger charge is 2.42. The minimum absolute atomic E-state index is 0.0166. The van der Waals surface area contributed by atoms with Crippen LogP contribution in [0.1, 0.15) is 67.5 Å². The van der Waals surface area contributed by atoms with Crippen LogP contribution in [0, 0.1) is 11.3 Å². The fourth-order valence-corrected chi connectivity index (χ4v) is 7.56. The molecule has 13 heteroatoms. The maximum atomic E-state index is 13.4. The number of piperidine rings is 1. The number of likely N-dealkylation sites (tertiary alicyclic amines) is 1. The van der Waals surface area contributed by atoms with Gasteiger partial charge in [-0.1, -0.05) is 43.0 Å². The quantitative estimate of drug-likeness (QED) is 0.181. The van der Waals surface area contributed by atoms with E-state index in [0.29, 0.717) is 23.8 Å².